The molecular formula is C44H79N2O38P. The van der Waals surface area contributed by atoms with E-state index in [-0.39, 0.29) is 6.54 Å². The number of nitrogens with two attached hydrogens (primary N) is 2. The van der Waals surface area contributed by atoms with Crippen LogP contribution in [0.2, 0.25) is 0 Å². The summed E-state index contributed by atoms with van der Waals surface area (Å²) in [6.07, 6.45) is -69.5. The van der Waals surface area contributed by atoms with Gasteiger partial charge in [0, 0.05) is 6.54 Å². The van der Waals surface area contributed by atoms with E-state index >= 15 is 0 Å². The summed E-state index contributed by atoms with van der Waals surface area (Å²) in [6.45, 7) is -7.97. The van der Waals surface area contributed by atoms with Crippen molar-refractivity contribution in [1.29, 1.82) is 0 Å². The summed E-state index contributed by atoms with van der Waals surface area (Å²) in [5.74, 6) is 0. The van der Waals surface area contributed by atoms with Crippen LogP contribution in [-0.2, 0) is 75.2 Å². The Balaban J connectivity index is 1.18. The average Bonchev–Trinajstić information content (AvgIpc) is 2.15. The standard InChI is InChI=1S/C44H79N2O38P/c45-1-2-71-85(68,69)72-9-16-33(22(58)17(46)38(67)73-16)80-39-27(63)23(59)19(55)15(77-39)8-70-43-36(24(60)18(54)12(5-49)75-43)83-44-37(35(21(57)14(7-51)76-44)82-41-29(65)26(62)32(79-41)11(53)4-48)84-42-30(66)34(20(56)13(6-50)74-42)81-40-28(64)25(61)31(78-40)10(52)3-47/h10-44,47-67H,1-9,45-46H2,(H,68,69)/t10-,11-,12-,13-,14-,15-,16-,17-,18-,19-,20-,21-,22-,23+,24+,25-,26-,27+,28-,29-,30+,31+,32+,33-,34+,35+,36+,37+,38+,39-,40+,41+,42-,43+,44-/m1/s1. The van der Waals surface area contributed by atoms with Gasteiger partial charge in [0.15, 0.2) is 44.0 Å². The van der Waals surface area contributed by atoms with Crippen LogP contribution in [0.5, 0.6) is 0 Å². The second-order valence-electron chi connectivity index (χ2n) is 20.9. The number of rotatable bonds is 26. The van der Waals surface area contributed by atoms with E-state index in [0.29, 0.717) is 0 Å². The Kier molecular flexibility index (Phi) is 25.8. The first-order chi connectivity index (χ1) is 40.2. The molecule has 7 heterocycles. The Morgan fingerprint density at radius 1 is 0.400 bits per heavy atom. The normalized spacial score (nSPS) is 49.6. The van der Waals surface area contributed by atoms with Crippen molar-refractivity contribution in [2.24, 2.45) is 11.5 Å². The Hall–Kier alpha value is -1.33. The molecule has 7 aliphatic rings. The van der Waals surface area contributed by atoms with Gasteiger partial charge in [-0.1, -0.05) is 0 Å². The third-order valence-corrected chi connectivity index (χ3v) is 16.1. The Bertz CT molecular complexity index is 2080. The Labute approximate surface area is 480 Å². The average molecular weight is 1280 g/mol. The number of ether oxygens (including phenoxy) is 13. The molecule has 40 nitrogen and oxygen atoms in total. The van der Waals surface area contributed by atoms with E-state index in [1.807, 2.05) is 0 Å². The molecule has 0 aromatic rings. The predicted octanol–water partition coefficient (Wildman–Crippen LogP) is -16.2. The lowest BCUT2D eigenvalue weighted by atomic mass is 9.95. The fourth-order valence-corrected chi connectivity index (χ4v) is 11.0. The van der Waals surface area contributed by atoms with Gasteiger partial charge >= 0.3 is 7.82 Å². The molecule has 0 saturated carbocycles. The molecular weight excluding hydrogens is 1200 g/mol. The molecule has 85 heavy (non-hydrogen) atoms. The van der Waals surface area contributed by atoms with Crippen LogP contribution >= 0.6 is 7.82 Å². The van der Waals surface area contributed by atoms with Crippen molar-refractivity contribution in [3.05, 3.63) is 0 Å². The zero-order valence-corrected chi connectivity index (χ0v) is 45.4. The van der Waals surface area contributed by atoms with Crippen LogP contribution in [0.4, 0.5) is 0 Å². The third kappa shape index (κ3) is 15.8. The van der Waals surface area contributed by atoms with Crippen LogP contribution in [-0.4, -0.2) is 386 Å². The van der Waals surface area contributed by atoms with Crippen LogP contribution in [0.3, 0.4) is 0 Å². The molecule has 0 aromatic heterocycles. The van der Waals surface area contributed by atoms with Gasteiger partial charge in [-0.15, -0.1) is 0 Å². The Morgan fingerprint density at radius 2 is 0.835 bits per heavy atom. The molecule has 0 bridgehead atoms. The quantitative estimate of drug-likeness (QED) is 0.0358. The number of aliphatic hydroxyl groups excluding tert-OH is 21. The highest BCUT2D eigenvalue weighted by Gasteiger charge is 2.59. The molecule has 36 atom stereocenters. The number of phosphoric acid groups is 1. The summed E-state index contributed by atoms with van der Waals surface area (Å²) in [4.78, 5) is 10.1. The molecule has 7 rings (SSSR count). The van der Waals surface area contributed by atoms with Gasteiger partial charge < -0.3 is 185 Å². The molecule has 41 heteroatoms. The molecule has 0 aromatic carbocycles. The van der Waals surface area contributed by atoms with E-state index in [1.54, 1.807) is 0 Å². The summed E-state index contributed by atoms with van der Waals surface area (Å²) >= 11 is 0. The molecule has 7 saturated heterocycles. The smallest absolute Gasteiger partial charge is 0.394 e. The van der Waals surface area contributed by atoms with Gasteiger partial charge in [0.2, 0.25) is 0 Å². The number of aliphatic hydroxyl groups is 21. The highest BCUT2D eigenvalue weighted by atomic mass is 31.2. The van der Waals surface area contributed by atoms with Gasteiger partial charge in [-0.05, 0) is 0 Å². The van der Waals surface area contributed by atoms with Crippen LogP contribution in [0.25, 0.3) is 0 Å². The first-order valence-corrected chi connectivity index (χ1v) is 28.1. The fourth-order valence-electron chi connectivity index (χ4n) is 10.3. The zero-order valence-electron chi connectivity index (χ0n) is 44.5. The second-order valence-corrected chi connectivity index (χ2v) is 22.4. The minimum Gasteiger partial charge on any atom is -0.394 e. The van der Waals surface area contributed by atoms with Gasteiger partial charge in [-0.2, -0.15) is 0 Å². The van der Waals surface area contributed by atoms with Crippen molar-refractivity contribution >= 4 is 7.82 Å². The van der Waals surface area contributed by atoms with Crippen molar-refractivity contribution in [3.63, 3.8) is 0 Å². The first-order valence-electron chi connectivity index (χ1n) is 26.7. The fraction of sp³-hybridized carbons (Fsp3) is 1.00. The molecule has 7 aliphatic heterocycles. The molecule has 0 aliphatic carbocycles. The summed E-state index contributed by atoms with van der Waals surface area (Å²) in [6, 6.07) is -1.65. The highest BCUT2D eigenvalue weighted by Crippen LogP contribution is 2.44. The summed E-state index contributed by atoms with van der Waals surface area (Å²) in [5.41, 5.74) is 11.2. The van der Waals surface area contributed by atoms with Crippen LogP contribution < -0.4 is 11.5 Å². The van der Waals surface area contributed by atoms with Crippen molar-refractivity contribution in [3.8, 4) is 0 Å². The Morgan fingerprint density at radius 3 is 1.39 bits per heavy atom. The van der Waals surface area contributed by atoms with Gasteiger partial charge in [-0.3, -0.25) is 9.05 Å². The van der Waals surface area contributed by atoms with Crippen LogP contribution in [0, 0.1) is 0 Å². The largest absolute Gasteiger partial charge is 0.472 e. The third-order valence-electron chi connectivity index (χ3n) is 15.2. The summed E-state index contributed by atoms with van der Waals surface area (Å²) in [5, 5.41) is 226. The highest BCUT2D eigenvalue weighted by molar-refractivity contribution is 7.47. The maximum Gasteiger partial charge on any atom is 0.472 e. The van der Waals surface area contributed by atoms with Crippen molar-refractivity contribution in [2.75, 3.05) is 59.4 Å². The van der Waals surface area contributed by atoms with Crippen molar-refractivity contribution in [2.45, 2.75) is 215 Å². The minimum absolute atomic E-state index is 0.205. The van der Waals surface area contributed by atoms with E-state index in [9.17, 15) is 117 Å². The molecule has 0 amide bonds. The summed E-state index contributed by atoms with van der Waals surface area (Å²) in [7, 11) is -4.86. The monoisotopic (exact) mass is 1270 g/mol. The number of hydrogen-bond donors (Lipinski definition) is 24. The lowest BCUT2D eigenvalue weighted by Crippen LogP contribution is -2.68. The predicted molar refractivity (Wildman–Crippen MR) is 257 cm³/mol. The van der Waals surface area contributed by atoms with E-state index in [4.69, 9.17) is 77.6 Å². The van der Waals surface area contributed by atoms with Gasteiger partial charge in [0.1, 0.15) is 165 Å². The summed E-state index contributed by atoms with van der Waals surface area (Å²) < 4.78 is 96.8. The van der Waals surface area contributed by atoms with Crippen molar-refractivity contribution < 1.29 is 187 Å². The second kappa shape index (κ2) is 30.9. The maximum atomic E-state index is 12.4. The molecule has 498 valence electrons. The van der Waals surface area contributed by atoms with Crippen molar-refractivity contribution in [1.82, 2.24) is 0 Å². The topological polar surface area (TPSA) is 653 Å². The number of phosphoric ester groups is 1. The maximum absolute atomic E-state index is 12.4. The number of hydrogen-bond acceptors (Lipinski definition) is 39. The minimum atomic E-state index is -4.86. The van der Waals surface area contributed by atoms with Gasteiger partial charge in [0.25, 0.3) is 0 Å². The molecule has 0 spiro atoms. The lowest BCUT2D eigenvalue weighted by molar-refractivity contribution is -0.407. The van der Waals surface area contributed by atoms with E-state index < -0.39 is 276 Å². The SMILES string of the molecule is NCCOP(=O)(O)OC[C@H]1O[C@H](O)[C@H](N)[C@@H](O)[C@@H]1O[C@H]1O[C@H](CO[C@H]2O[C@H](CO)[C@@H](O)[C@H](O)[C@@H]2O[C@H]2O[C@H](CO)[C@@H](O)[C@H](O[C@@H]3O[C@@H]([C@H](O)CO)[C@H](O)[C@H]3O)[C@@H]2O[C@H]2O[C@H](CO)[C@@H](O)[C@H](O[C@@H]3O[C@@H]([C@H](O)CO)[C@H](O)[C@H]3O)[C@@H]2O)[C@@H](O)[C@H](O)[C@@H]1O. The van der Waals surface area contributed by atoms with Crippen LogP contribution in [0.15, 0.2) is 0 Å². The molecule has 26 N–H and O–H groups in total. The lowest BCUT2D eigenvalue weighted by Gasteiger charge is -2.50. The van der Waals surface area contributed by atoms with E-state index in [2.05, 4.69) is 4.52 Å². The van der Waals surface area contributed by atoms with Gasteiger partial charge in [-0.25, -0.2) is 4.57 Å². The molecule has 0 radical (unpaired) electrons. The molecule has 7 fully saturated rings. The molecule has 1 unspecified atom stereocenters. The zero-order chi connectivity index (χ0) is 62.7. The van der Waals surface area contributed by atoms with Gasteiger partial charge in [0.05, 0.1) is 58.9 Å². The van der Waals surface area contributed by atoms with E-state index in [1.165, 1.54) is 0 Å². The van der Waals surface area contributed by atoms with Crippen LogP contribution in [0.1, 0.15) is 0 Å². The van der Waals surface area contributed by atoms with E-state index in [0.717, 1.165) is 0 Å². The first kappa shape index (κ1) is 71.1.